The van der Waals surface area contributed by atoms with Crippen molar-refractivity contribution in [3.05, 3.63) is 6.20 Å². The lowest BCUT2D eigenvalue weighted by molar-refractivity contribution is 0.253. The van der Waals surface area contributed by atoms with E-state index in [4.69, 9.17) is 5.73 Å². The van der Waals surface area contributed by atoms with Crippen LogP contribution in [-0.4, -0.2) is 16.2 Å². The summed E-state index contributed by atoms with van der Waals surface area (Å²) in [5, 5.41) is 10.2. The lowest BCUT2D eigenvalue weighted by Gasteiger charge is -2.35. The van der Waals surface area contributed by atoms with E-state index in [9.17, 15) is 0 Å². The first-order valence-electron chi connectivity index (χ1n) is 5.74. The van der Waals surface area contributed by atoms with E-state index < -0.39 is 0 Å². The van der Waals surface area contributed by atoms with Crippen LogP contribution in [0.25, 0.3) is 0 Å². The van der Waals surface area contributed by atoms with Crippen molar-refractivity contribution in [3.63, 3.8) is 0 Å². The zero-order valence-electron chi connectivity index (χ0n) is 9.46. The Kier molecular flexibility index (Phi) is 2.84. The number of anilines is 2. The van der Waals surface area contributed by atoms with Gasteiger partial charge in [-0.2, -0.15) is 5.10 Å². The first-order valence-corrected chi connectivity index (χ1v) is 5.74. The standard InChI is InChI=1S/C11H20N4/c1-7-4-3-5-9(8(7)2)14-10-6-13-15-11(10)12/h6-9,14H,3-5H2,1-2H3,(H3,12,13,15). The smallest absolute Gasteiger partial charge is 0.142 e. The highest BCUT2D eigenvalue weighted by Gasteiger charge is 2.27. The number of hydrogen-bond donors (Lipinski definition) is 3. The molecule has 0 bridgehead atoms. The SMILES string of the molecule is CC1CCCC(Nc2cn[nH]c2N)C1C. The van der Waals surface area contributed by atoms with Crippen LogP contribution in [0.3, 0.4) is 0 Å². The number of hydrogen-bond acceptors (Lipinski definition) is 3. The summed E-state index contributed by atoms with van der Waals surface area (Å²) in [6, 6.07) is 0.536. The Labute approximate surface area is 90.6 Å². The lowest BCUT2D eigenvalue weighted by Crippen LogP contribution is -2.35. The van der Waals surface area contributed by atoms with E-state index in [1.54, 1.807) is 6.20 Å². The number of nitrogen functional groups attached to an aromatic ring is 1. The van der Waals surface area contributed by atoms with Crippen LogP contribution in [0.2, 0.25) is 0 Å². The number of nitrogens with one attached hydrogen (secondary N) is 2. The molecule has 1 heterocycles. The fraction of sp³-hybridized carbons (Fsp3) is 0.727. The number of nitrogens with zero attached hydrogens (tertiary/aromatic N) is 1. The Bertz CT molecular complexity index is 320. The maximum Gasteiger partial charge on any atom is 0.142 e. The van der Waals surface area contributed by atoms with Gasteiger partial charge in [-0.1, -0.05) is 26.7 Å². The van der Waals surface area contributed by atoms with Gasteiger partial charge in [-0.05, 0) is 18.3 Å². The minimum Gasteiger partial charge on any atom is -0.382 e. The summed E-state index contributed by atoms with van der Waals surface area (Å²) in [5.74, 6) is 2.14. The molecule has 3 unspecified atom stereocenters. The zero-order chi connectivity index (χ0) is 10.8. The minimum atomic E-state index is 0.536. The molecule has 2 rings (SSSR count). The molecule has 1 aromatic heterocycles. The third-order valence-electron chi connectivity index (χ3n) is 3.72. The predicted molar refractivity (Wildman–Crippen MR) is 62.6 cm³/mol. The Morgan fingerprint density at radius 2 is 2.27 bits per heavy atom. The van der Waals surface area contributed by atoms with Crippen LogP contribution >= 0.6 is 0 Å². The van der Waals surface area contributed by atoms with E-state index in [1.165, 1.54) is 19.3 Å². The van der Waals surface area contributed by atoms with Gasteiger partial charge < -0.3 is 11.1 Å². The summed E-state index contributed by atoms with van der Waals surface area (Å²) in [6.45, 7) is 4.65. The van der Waals surface area contributed by atoms with Crippen molar-refractivity contribution in [2.75, 3.05) is 11.1 Å². The summed E-state index contributed by atoms with van der Waals surface area (Å²) in [4.78, 5) is 0. The molecule has 0 aliphatic heterocycles. The molecule has 15 heavy (non-hydrogen) atoms. The molecule has 4 N–H and O–H groups in total. The summed E-state index contributed by atoms with van der Waals surface area (Å²) in [7, 11) is 0. The molecule has 0 amide bonds. The first kappa shape index (κ1) is 10.3. The number of H-pyrrole nitrogens is 1. The molecule has 3 atom stereocenters. The van der Waals surface area contributed by atoms with Crippen LogP contribution in [0.5, 0.6) is 0 Å². The van der Waals surface area contributed by atoms with Gasteiger partial charge in [-0.3, -0.25) is 5.10 Å². The Morgan fingerprint density at radius 3 is 2.93 bits per heavy atom. The Balaban J connectivity index is 2.02. The molecule has 0 radical (unpaired) electrons. The van der Waals surface area contributed by atoms with Gasteiger partial charge in [-0.25, -0.2) is 0 Å². The summed E-state index contributed by atoms with van der Waals surface area (Å²) >= 11 is 0. The molecule has 4 nitrogen and oxygen atoms in total. The van der Waals surface area contributed by atoms with Crippen LogP contribution in [0, 0.1) is 11.8 Å². The van der Waals surface area contributed by atoms with E-state index in [1.807, 2.05) is 0 Å². The molecule has 0 spiro atoms. The van der Waals surface area contributed by atoms with Gasteiger partial charge in [0, 0.05) is 6.04 Å². The quantitative estimate of drug-likeness (QED) is 0.698. The highest BCUT2D eigenvalue weighted by Crippen LogP contribution is 2.32. The molecule has 1 fully saturated rings. The third-order valence-corrected chi connectivity index (χ3v) is 3.72. The first-order chi connectivity index (χ1) is 7.18. The highest BCUT2D eigenvalue weighted by atomic mass is 15.2. The molecule has 4 heteroatoms. The maximum absolute atomic E-state index is 5.76. The summed E-state index contributed by atoms with van der Waals surface area (Å²) < 4.78 is 0. The van der Waals surface area contributed by atoms with Gasteiger partial charge in [0.1, 0.15) is 5.82 Å². The Morgan fingerprint density at radius 1 is 1.47 bits per heavy atom. The van der Waals surface area contributed by atoms with Crippen LogP contribution in [-0.2, 0) is 0 Å². The van der Waals surface area contributed by atoms with Gasteiger partial charge in [0.05, 0.1) is 11.9 Å². The molecular formula is C11H20N4. The van der Waals surface area contributed by atoms with E-state index >= 15 is 0 Å². The average molecular weight is 208 g/mol. The maximum atomic E-state index is 5.76. The molecule has 0 aromatic carbocycles. The third kappa shape index (κ3) is 2.08. The van der Waals surface area contributed by atoms with Crippen LogP contribution in [0.1, 0.15) is 33.1 Å². The van der Waals surface area contributed by atoms with Crippen molar-refractivity contribution in [2.45, 2.75) is 39.2 Å². The molecule has 0 saturated heterocycles. The van der Waals surface area contributed by atoms with Gasteiger partial charge in [0.15, 0.2) is 0 Å². The second-order valence-corrected chi connectivity index (χ2v) is 4.72. The normalized spacial score (nSPS) is 31.5. The predicted octanol–water partition coefficient (Wildman–Crippen LogP) is 2.23. The fourth-order valence-electron chi connectivity index (χ4n) is 2.40. The van der Waals surface area contributed by atoms with Crippen molar-refractivity contribution in [3.8, 4) is 0 Å². The van der Waals surface area contributed by atoms with Crippen molar-refractivity contribution < 1.29 is 0 Å². The monoisotopic (exact) mass is 208 g/mol. The van der Waals surface area contributed by atoms with E-state index in [0.29, 0.717) is 17.8 Å². The number of rotatable bonds is 2. The molecule has 1 aliphatic rings. The highest BCUT2D eigenvalue weighted by molar-refractivity contribution is 5.60. The average Bonchev–Trinajstić information content (AvgIpc) is 2.60. The van der Waals surface area contributed by atoms with Gasteiger partial charge in [0.2, 0.25) is 0 Å². The second kappa shape index (κ2) is 4.13. The van der Waals surface area contributed by atoms with Crippen LogP contribution in [0.15, 0.2) is 6.20 Å². The fourth-order valence-corrected chi connectivity index (χ4v) is 2.40. The lowest BCUT2D eigenvalue weighted by atomic mass is 9.78. The van der Waals surface area contributed by atoms with E-state index in [0.717, 1.165) is 11.6 Å². The van der Waals surface area contributed by atoms with Gasteiger partial charge in [0.25, 0.3) is 0 Å². The van der Waals surface area contributed by atoms with Crippen LogP contribution < -0.4 is 11.1 Å². The van der Waals surface area contributed by atoms with Gasteiger partial charge in [-0.15, -0.1) is 0 Å². The summed E-state index contributed by atoms with van der Waals surface area (Å²) in [6.07, 6.45) is 5.65. The van der Waals surface area contributed by atoms with Gasteiger partial charge >= 0.3 is 0 Å². The summed E-state index contributed by atoms with van der Waals surface area (Å²) in [5.41, 5.74) is 6.70. The van der Waals surface area contributed by atoms with Crippen molar-refractivity contribution in [1.82, 2.24) is 10.2 Å². The molecular weight excluding hydrogens is 188 g/mol. The van der Waals surface area contributed by atoms with Crippen molar-refractivity contribution in [2.24, 2.45) is 11.8 Å². The zero-order valence-corrected chi connectivity index (χ0v) is 9.46. The van der Waals surface area contributed by atoms with Crippen LogP contribution in [0.4, 0.5) is 11.5 Å². The van der Waals surface area contributed by atoms with E-state index in [2.05, 4.69) is 29.4 Å². The molecule has 1 saturated carbocycles. The largest absolute Gasteiger partial charge is 0.382 e. The molecule has 1 aromatic rings. The van der Waals surface area contributed by atoms with E-state index in [-0.39, 0.29) is 0 Å². The molecule has 1 aliphatic carbocycles. The van der Waals surface area contributed by atoms with Crippen molar-refractivity contribution >= 4 is 11.5 Å². The molecule has 84 valence electrons. The number of aromatic amines is 1. The number of nitrogens with two attached hydrogens (primary N) is 1. The Hall–Kier alpha value is -1.19. The number of aromatic nitrogens is 2. The van der Waals surface area contributed by atoms with Crippen molar-refractivity contribution in [1.29, 1.82) is 0 Å². The minimum absolute atomic E-state index is 0.536. The topological polar surface area (TPSA) is 66.7 Å². The second-order valence-electron chi connectivity index (χ2n) is 4.72.